The van der Waals surface area contributed by atoms with Gasteiger partial charge in [0.05, 0.1) is 16.7 Å². The maximum absolute atomic E-state index is 5.33. The summed E-state index contributed by atoms with van der Waals surface area (Å²) < 4.78 is 3.67. The highest BCUT2D eigenvalue weighted by Crippen LogP contribution is 2.43. The monoisotopic (exact) mass is 551 g/mol. The van der Waals surface area contributed by atoms with E-state index in [-0.39, 0.29) is 0 Å². The van der Waals surface area contributed by atoms with Gasteiger partial charge in [0, 0.05) is 26.7 Å². The van der Waals surface area contributed by atoms with Crippen LogP contribution in [-0.4, -0.2) is 14.5 Å². The number of hydrogen-bond donors (Lipinski definition) is 0. The van der Waals surface area contributed by atoms with Gasteiger partial charge in [-0.25, -0.2) is 9.97 Å². The summed E-state index contributed by atoms with van der Waals surface area (Å²) in [6, 6.07) is 35.0. The molecule has 0 amide bonds. The molecular formula is C37H33N3S. The first kappa shape index (κ1) is 25.7. The van der Waals surface area contributed by atoms with Crippen molar-refractivity contribution >= 4 is 42.7 Å². The first-order chi connectivity index (χ1) is 19.9. The summed E-state index contributed by atoms with van der Waals surface area (Å²) >= 11 is 1.77. The third-order valence-electron chi connectivity index (χ3n) is 8.05. The number of benzene rings is 4. The van der Waals surface area contributed by atoms with E-state index in [4.69, 9.17) is 9.97 Å². The highest BCUT2D eigenvalue weighted by molar-refractivity contribution is 7.26. The molecule has 41 heavy (non-hydrogen) atoms. The van der Waals surface area contributed by atoms with Crippen molar-refractivity contribution in [3.8, 4) is 28.2 Å². The molecule has 7 aromatic rings. The molecule has 0 atom stereocenters. The number of hydrogen-bond acceptors (Lipinski definition) is 3. The maximum atomic E-state index is 5.33. The predicted molar refractivity (Wildman–Crippen MR) is 176 cm³/mol. The van der Waals surface area contributed by atoms with Gasteiger partial charge in [-0.1, -0.05) is 82.3 Å². The summed E-state index contributed by atoms with van der Waals surface area (Å²) in [5.74, 6) is 1.64. The molecule has 3 aromatic heterocycles. The maximum Gasteiger partial charge on any atom is 0.147 e. The zero-order valence-electron chi connectivity index (χ0n) is 24.1. The minimum absolute atomic E-state index is 0.326. The van der Waals surface area contributed by atoms with E-state index in [1.807, 2.05) is 0 Å². The number of aromatic nitrogens is 3. The molecule has 202 valence electrons. The smallest absolute Gasteiger partial charge is 0.147 e. The molecule has 0 aliphatic carbocycles. The number of rotatable bonds is 5. The number of pyridine rings is 1. The SMILES string of the molecule is Cc1ccc2c(n1)sc1c(-c3nc4ccccc4n3-c3c(C(C)C)cc(-c4ccccc4)cc3C(C)C)cccc12. The molecular weight excluding hydrogens is 518 g/mol. The van der Waals surface area contributed by atoms with Gasteiger partial charge in [0.25, 0.3) is 0 Å². The third kappa shape index (κ3) is 4.25. The van der Waals surface area contributed by atoms with Crippen LogP contribution in [0.5, 0.6) is 0 Å². The van der Waals surface area contributed by atoms with Crippen molar-refractivity contribution in [3.63, 3.8) is 0 Å². The molecule has 0 saturated carbocycles. The van der Waals surface area contributed by atoms with Crippen LogP contribution in [0.4, 0.5) is 0 Å². The predicted octanol–water partition coefficient (Wildman–Crippen LogP) is 10.7. The summed E-state index contributed by atoms with van der Waals surface area (Å²) in [5, 5.41) is 2.44. The summed E-state index contributed by atoms with van der Waals surface area (Å²) in [6.45, 7) is 11.3. The molecule has 4 aromatic carbocycles. The third-order valence-corrected chi connectivity index (χ3v) is 9.20. The Morgan fingerprint density at radius 3 is 2.10 bits per heavy atom. The normalized spacial score (nSPS) is 12.0. The van der Waals surface area contributed by atoms with Crippen molar-refractivity contribution in [2.75, 3.05) is 0 Å². The Labute approximate surface area is 245 Å². The average molecular weight is 552 g/mol. The van der Waals surface area contributed by atoms with Gasteiger partial charge < -0.3 is 0 Å². The van der Waals surface area contributed by atoms with Crippen LogP contribution in [0.2, 0.25) is 0 Å². The van der Waals surface area contributed by atoms with Gasteiger partial charge in [0.15, 0.2) is 0 Å². The molecule has 0 bridgehead atoms. The second kappa shape index (κ2) is 9.97. The Bertz CT molecular complexity index is 2030. The van der Waals surface area contributed by atoms with Gasteiger partial charge in [-0.3, -0.25) is 4.57 Å². The van der Waals surface area contributed by atoms with Gasteiger partial charge >= 0.3 is 0 Å². The van der Waals surface area contributed by atoms with E-state index < -0.39 is 0 Å². The van der Waals surface area contributed by atoms with E-state index in [1.165, 1.54) is 43.4 Å². The highest BCUT2D eigenvalue weighted by Gasteiger charge is 2.25. The molecule has 0 fully saturated rings. The molecule has 0 spiro atoms. The van der Waals surface area contributed by atoms with E-state index >= 15 is 0 Å². The number of thiophene rings is 1. The number of fused-ring (bicyclic) bond motifs is 4. The Morgan fingerprint density at radius 1 is 0.659 bits per heavy atom. The number of imidazole rings is 1. The van der Waals surface area contributed by atoms with Crippen LogP contribution < -0.4 is 0 Å². The van der Waals surface area contributed by atoms with E-state index in [0.29, 0.717) is 11.8 Å². The fraction of sp³-hybridized carbons (Fsp3) is 0.189. The second-order valence-electron chi connectivity index (χ2n) is 11.5. The number of nitrogens with zero attached hydrogens (tertiary/aromatic N) is 3. The topological polar surface area (TPSA) is 30.7 Å². The molecule has 0 radical (unpaired) electrons. The van der Waals surface area contributed by atoms with Crippen molar-refractivity contribution in [3.05, 3.63) is 114 Å². The van der Waals surface area contributed by atoms with Crippen LogP contribution >= 0.6 is 11.3 Å². The zero-order valence-corrected chi connectivity index (χ0v) is 25.0. The van der Waals surface area contributed by atoms with E-state index in [0.717, 1.165) is 32.9 Å². The molecule has 4 heteroatoms. The molecule has 0 aliphatic heterocycles. The van der Waals surface area contributed by atoms with Gasteiger partial charge in [-0.05, 0) is 83.5 Å². The Hall–Kier alpha value is -4.28. The van der Waals surface area contributed by atoms with Crippen molar-refractivity contribution < 1.29 is 0 Å². The zero-order chi connectivity index (χ0) is 28.2. The minimum Gasteiger partial charge on any atom is -0.292 e. The molecule has 3 nitrogen and oxygen atoms in total. The number of aryl methyl sites for hydroxylation is 1. The van der Waals surface area contributed by atoms with Gasteiger partial charge in [0.1, 0.15) is 10.7 Å². The second-order valence-corrected chi connectivity index (χ2v) is 12.5. The van der Waals surface area contributed by atoms with E-state index in [1.54, 1.807) is 11.3 Å². The van der Waals surface area contributed by atoms with Crippen LogP contribution in [0, 0.1) is 6.92 Å². The van der Waals surface area contributed by atoms with Gasteiger partial charge in [-0.15, -0.1) is 11.3 Å². The fourth-order valence-electron chi connectivity index (χ4n) is 6.00. The van der Waals surface area contributed by atoms with Crippen LogP contribution in [-0.2, 0) is 0 Å². The lowest BCUT2D eigenvalue weighted by Crippen LogP contribution is -2.09. The minimum atomic E-state index is 0.326. The summed E-state index contributed by atoms with van der Waals surface area (Å²) in [5.41, 5.74) is 10.8. The standard InChI is InChI=1S/C37H33N3S/c1-22(2)30-20-26(25-12-7-6-8-13-25)21-31(23(3)4)34(30)40-33-17-10-9-16-32(33)39-36(40)29-15-11-14-27-28-19-18-24(5)38-37(28)41-35(27)29/h6-23H,1-5H3. The van der Waals surface area contributed by atoms with E-state index in [9.17, 15) is 0 Å². The van der Waals surface area contributed by atoms with Crippen LogP contribution in [0.15, 0.2) is 97.1 Å². The molecule has 0 N–H and O–H groups in total. The summed E-state index contributed by atoms with van der Waals surface area (Å²) in [7, 11) is 0. The molecule has 3 heterocycles. The Morgan fingerprint density at radius 2 is 1.37 bits per heavy atom. The fourth-order valence-corrected chi connectivity index (χ4v) is 7.22. The number of para-hydroxylation sites is 2. The van der Waals surface area contributed by atoms with Crippen LogP contribution in [0.1, 0.15) is 56.4 Å². The van der Waals surface area contributed by atoms with Crippen LogP contribution in [0.3, 0.4) is 0 Å². The Balaban J connectivity index is 1.59. The highest BCUT2D eigenvalue weighted by atomic mass is 32.1. The van der Waals surface area contributed by atoms with Crippen molar-refractivity contribution in [2.24, 2.45) is 0 Å². The lowest BCUT2D eigenvalue weighted by Gasteiger charge is -2.24. The molecule has 7 rings (SSSR count). The first-order valence-corrected chi connectivity index (χ1v) is 15.2. The van der Waals surface area contributed by atoms with Crippen LogP contribution in [0.25, 0.3) is 59.5 Å². The molecule has 0 unspecified atom stereocenters. The van der Waals surface area contributed by atoms with Gasteiger partial charge in [0.2, 0.25) is 0 Å². The summed E-state index contributed by atoms with van der Waals surface area (Å²) in [4.78, 5) is 11.3. The van der Waals surface area contributed by atoms with Crippen molar-refractivity contribution in [2.45, 2.75) is 46.5 Å². The van der Waals surface area contributed by atoms with E-state index in [2.05, 4.69) is 136 Å². The first-order valence-electron chi connectivity index (χ1n) is 14.4. The molecule has 0 saturated heterocycles. The average Bonchev–Trinajstić information content (AvgIpc) is 3.54. The quantitative estimate of drug-likeness (QED) is 0.213. The van der Waals surface area contributed by atoms with Crippen molar-refractivity contribution in [1.82, 2.24) is 14.5 Å². The lowest BCUT2D eigenvalue weighted by atomic mass is 9.88. The lowest BCUT2D eigenvalue weighted by molar-refractivity contribution is 0.812. The summed E-state index contributed by atoms with van der Waals surface area (Å²) in [6.07, 6.45) is 0. The Kier molecular flexibility index (Phi) is 6.24. The largest absolute Gasteiger partial charge is 0.292 e. The molecule has 0 aliphatic rings. The van der Waals surface area contributed by atoms with Gasteiger partial charge in [-0.2, -0.15) is 0 Å². The van der Waals surface area contributed by atoms with Crippen molar-refractivity contribution in [1.29, 1.82) is 0 Å².